The van der Waals surface area contributed by atoms with E-state index >= 15 is 0 Å². The van der Waals surface area contributed by atoms with Crippen molar-refractivity contribution < 1.29 is 0 Å². The Hall–Kier alpha value is -2.64. The molecule has 3 aromatic heterocycles. The van der Waals surface area contributed by atoms with Gasteiger partial charge < -0.3 is 10.6 Å². The maximum atomic E-state index is 4.47. The molecule has 0 amide bonds. The number of nitrogens with one attached hydrogen (secondary N) is 3. The van der Waals surface area contributed by atoms with Gasteiger partial charge in [-0.2, -0.15) is 20.2 Å². The minimum Gasteiger partial charge on any atom is -0.354 e. The van der Waals surface area contributed by atoms with Gasteiger partial charge in [-0.1, -0.05) is 6.92 Å². The molecule has 0 aromatic carbocycles. The molecule has 0 radical (unpaired) electrons. The molecule has 8 nitrogen and oxygen atoms in total. The first-order chi connectivity index (χ1) is 9.76. The Labute approximate surface area is 115 Å². The Kier molecular flexibility index (Phi) is 3.20. The molecule has 0 aliphatic rings. The van der Waals surface area contributed by atoms with E-state index in [1.807, 2.05) is 19.3 Å². The number of rotatable bonds is 5. The van der Waals surface area contributed by atoms with E-state index in [1.165, 1.54) is 0 Å². The van der Waals surface area contributed by atoms with Crippen LogP contribution in [0.2, 0.25) is 0 Å². The zero-order valence-corrected chi connectivity index (χ0v) is 11.4. The monoisotopic (exact) mass is 272 g/mol. The summed E-state index contributed by atoms with van der Waals surface area (Å²) in [5, 5.41) is 18.3. The first-order valence-electron chi connectivity index (χ1n) is 6.48. The van der Waals surface area contributed by atoms with Crippen molar-refractivity contribution in [3.8, 4) is 0 Å². The summed E-state index contributed by atoms with van der Waals surface area (Å²) < 4.78 is 1.73. The normalized spacial score (nSPS) is 10.9. The van der Waals surface area contributed by atoms with Gasteiger partial charge in [-0.3, -0.25) is 9.78 Å². The maximum absolute atomic E-state index is 4.47. The second-order valence-corrected chi connectivity index (χ2v) is 4.45. The zero-order chi connectivity index (χ0) is 13.9. The van der Waals surface area contributed by atoms with E-state index < -0.39 is 0 Å². The van der Waals surface area contributed by atoms with Gasteiger partial charge in [0.15, 0.2) is 11.5 Å². The summed E-state index contributed by atoms with van der Waals surface area (Å²) in [6, 6.07) is 1.88. The predicted molar refractivity (Wildman–Crippen MR) is 77.0 cm³/mol. The van der Waals surface area contributed by atoms with Crippen molar-refractivity contribution in [2.75, 3.05) is 17.2 Å². The van der Waals surface area contributed by atoms with Crippen LogP contribution in [-0.4, -0.2) is 36.5 Å². The van der Waals surface area contributed by atoms with E-state index in [1.54, 1.807) is 10.9 Å². The average molecular weight is 272 g/mol. The van der Waals surface area contributed by atoms with Gasteiger partial charge in [-0.05, 0) is 6.42 Å². The minimum atomic E-state index is 0.571. The third kappa shape index (κ3) is 2.40. The van der Waals surface area contributed by atoms with Crippen molar-refractivity contribution in [2.24, 2.45) is 7.05 Å². The SMILES string of the molecule is CCCNc1nc(Nc2ccn(C)n2)c2cn[nH]c2n1. The van der Waals surface area contributed by atoms with Crippen LogP contribution in [0.5, 0.6) is 0 Å². The molecule has 0 fully saturated rings. The van der Waals surface area contributed by atoms with Gasteiger partial charge >= 0.3 is 0 Å². The maximum Gasteiger partial charge on any atom is 0.226 e. The van der Waals surface area contributed by atoms with Gasteiger partial charge in [0, 0.05) is 25.9 Å². The Morgan fingerprint density at radius 1 is 1.35 bits per heavy atom. The summed E-state index contributed by atoms with van der Waals surface area (Å²) in [4.78, 5) is 8.85. The molecular weight excluding hydrogens is 256 g/mol. The lowest BCUT2D eigenvalue weighted by Crippen LogP contribution is -2.06. The molecular formula is C12H16N8. The standard InChI is InChI=1S/C12H16N8/c1-3-5-13-12-16-10(8-7-14-18-11(8)17-12)15-9-4-6-20(2)19-9/h4,6-7H,3,5H2,1-2H3,(H3,13,14,15,16,17,18,19). The van der Waals surface area contributed by atoms with E-state index in [2.05, 4.69) is 42.8 Å². The van der Waals surface area contributed by atoms with E-state index in [-0.39, 0.29) is 0 Å². The van der Waals surface area contributed by atoms with E-state index in [9.17, 15) is 0 Å². The lowest BCUT2D eigenvalue weighted by molar-refractivity contribution is 0.771. The van der Waals surface area contributed by atoms with Crippen molar-refractivity contribution in [3.63, 3.8) is 0 Å². The van der Waals surface area contributed by atoms with Gasteiger partial charge in [-0.25, -0.2) is 0 Å². The van der Waals surface area contributed by atoms with Crippen LogP contribution in [0.3, 0.4) is 0 Å². The second kappa shape index (κ2) is 5.16. The van der Waals surface area contributed by atoms with E-state index in [0.717, 1.165) is 24.2 Å². The Morgan fingerprint density at radius 3 is 3.00 bits per heavy atom. The van der Waals surface area contributed by atoms with E-state index in [0.29, 0.717) is 17.4 Å². The smallest absolute Gasteiger partial charge is 0.226 e. The Bertz CT molecular complexity index is 713. The highest BCUT2D eigenvalue weighted by atomic mass is 15.3. The fourth-order valence-corrected chi connectivity index (χ4v) is 1.85. The number of H-pyrrole nitrogens is 1. The average Bonchev–Trinajstić information content (AvgIpc) is 3.05. The molecule has 20 heavy (non-hydrogen) atoms. The number of fused-ring (bicyclic) bond motifs is 1. The second-order valence-electron chi connectivity index (χ2n) is 4.45. The largest absolute Gasteiger partial charge is 0.354 e. The van der Waals surface area contributed by atoms with Crippen molar-refractivity contribution >= 4 is 28.6 Å². The van der Waals surface area contributed by atoms with Crippen molar-refractivity contribution in [2.45, 2.75) is 13.3 Å². The van der Waals surface area contributed by atoms with E-state index in [4.69, 9.17) is 0 Å². The predicted octanol–water partition coefficient (Wildman–Crippen LogP) is 1.65. The van der Waals surface area contributed by atoms with Gasteiger partial charge in [-0.15, -0.1) is 0 Å². The topological polar surface area (TPSA) is 96.3 Å². The first kappa shape index (κ1) is 12.4. The molecule has 0 saturated carbocycles. The Balaban J connectivity index is 1.96. The number of aryl methyl sites for hydroxylation is 1. The van der Waals surface area contributed by atoms with Crippen LogP contribution in [-0.2, 0) is 7.05 Å². The van der Waals surface area contributed by atoms with Crippen LogP contribution in [0.4, 0.5) is 17.6 Å². The van der Waals surface area contributed by atoms with Crippen molar-refractivity contribution in [1.82, 2.24) is 29.9 Å². The fourth-order valence-electron chi connectivity index (χ4n) is 1.85. The molecule has 0 aliphatic heterocycles. The molecule has 0 bridgehead atoms. The number of hydrogen-bond acceptors (Lipinski definition) is 6. The number of aromatic nitrogens is 6. The third-order valence-electron chi connectivity index (χ3n) is 2.80. The minimum absolute atomic E-state index is 0.571. The molecule has 0 unspecified atom stereocenters. The number of hydrogen-bond donors (Lipinski definition) is 3. The van der Waals surface area contributed by atoms with Crippen LogP contribution in [0, 0.1) is 0 Å². The molecule has 0 spiro atoms. The highest BCUT2D eigenvalue weighted by molar-refractivity contribution is 5.88. The van der Waals surface area contributed by atoms with Crippen molar-refractivity contribution in [1.29, 1.82) is 0 Å². The van der Waals surface area contributed by atoms with Gasteiger partial charge in [0.2, 0.25) is 5.95 Å². The highest BCUT2D eigenvalue weighted by Gasteiger charge is 2.10. The zero-order valence-electron chi connectivity index (χ0n) is 11.4. The number of nitrogens with zero attached hydrogens (tertiary/aromatic N) is 5. The molecule has 0 saturated heterocycles. The van der Waals surface area contributed by atoms with Crippen LogP contribution >= 0.6 is 0 Å². The molecule has 3 rings (SSSR count). The van der Waals surface area contributed by atoms with Crippen LogP contribution in [0.15, 0.2) is 18.5 Å². The van der Waals surface area contributed by atoms with Crippen LogP contribution < -0.4 is 10.6 Å². The highest BCUT2D eigenvalue weighted by Crippen LogP contribution is 2.22. The first-order valence-corrected chi connectivity index (χ1v) is 6.48. The molecule has 104 valence electrons. The lowest BCUT2D eigenvalue weighted by atomic mass is 10.4. The van der Waals surface area contributed by atoms with Crippen LogP contribution in [0.1, 0.15) is 13.3 Å². The van der Waals surface area contributed by atoms with Gasteiger partial charge in [0.05, 0.1) is 11.6 Å². The Morgan fingerprint density at radius 2 is 2.25 bits per heavy atom. The summed E-state index contributed by atoms with van der Waals surface area (Å²) in [6.07, 6.45) is 4.57. The van der Waals surface area contributed by atoms with Crippen LogP contribution in [0.25, 0.3) is 11.0 Å². The molecule has 3 aromatic rings. The molecule has 0 aliphatic carbocycles. The number of anilines is 3. The summed E-state index contributed by atoms with van der Waals surface area (Å²) in [7, 11) is 1.87. The van der Waals surface area contributed by atoms with Crippen molar-refractivity contribution in [3.05, 3.63) is 18.5 Å². The summed E-state index contributed by atoms with van der Waals surface area (Å²) in [5.74, 6) is 1.98. The number of aromatic amines is 1. The summed E-state index contributed by atoms with van der Waals surface area (Å²) in [6.45, 7) is 2.91. The molecule has 3 heterocycles. The lowest BCUT2D eigenvalue weighted by Gasteiger charge is -2.07. The molecule has 0 atom stereocenters. The van der Waals surface area contributed by atoms with Gasteiger partial charge in [0.1, 0.15) is 5.82 Å². The third-order valence-corrected chi connectivity index (χ3v) is 2.80. The molecule has 8 heteroatoms. The summed E-state index contributed by atoms with van der Waals surface area (Å²) in [5.41, 5.74) is 0.692. The van der Waals surface area contributed by atoms with Gasteiger partial charge in [0.25, 0.3) is 0 Å². The quantitative estimate of drug-likeness (QED) is 0.653. The summed E-state index contributed by atoms with van der Waals surface area (Å²) >= 11 is 0. The molecule has 3 N–H and O–H groups in total. The fraction of sp³-hybridized carbons (Fsp3) is 0.333.